The molecule has 1 saturated heterocycles. The molecule has 1 aromatic carbocycles. The minimum Gasteiger partial charge on any atom is -0.444 e. The number of nitrogens with zero attached hydrogens (tertiary/aromatic N) is 2. The van der Waals surface area contributed by atoms with Gasteiger partial charge in [-0.1, -0.05) is 69.9 Å². The van der Waals surface area contributed by atoms with Crippen LogP contribution in [0.4, 0.5) is 4.79 Å². The fourth-order valence-electron chi connectivity index (χ4n) is 8.08. The number of rotatable bonds is 14. The van der Waals surface area contributed by atoms with E-state index in [-0.39, 0.29) is 47.3 Å². The van der Waals surface area contributed by atoms with Crippen LogP contribution in [0.15, 0.2) is 30.3 Å². The number of likely N-dealkylation sites (N-methyl/N-ethyl adjacent to an activating group) is 1. The Kier molecular flexibility index (Phi) is 11.9. The van der Waals surface area contributed by atoms with Gasteiger partial charge in [-0.15, -0.1) is 0 Å². The van der Waals surface area contributed by atoms with Crippen molar-refractivity contribution in [2.75, 3.05) is 27.2 Å². The quantitative estimate of drug-likeness (QED) is 0.210. The molecule has 0 bridgehead atoms. The molecule has 4 aliphatic rings. The minimum atomic E-state index is -1.16. The number of ketones is 1. The number of likely N-dealkylation sites (tertiary alicyclic amines) is 1. The molecule has 2 unspecified atom stereocenters. The average molecular weight is 737 g/mol. The van der Waals surface area contributed by atoms with Crippen molar-refractivity contribution in [1.29, 1.82) is 0 Å². The number of benzene rings is 1. The van der Waals surface area contributed by atoms with Crippen LogP contribution >= 0.6 is 0 Å². The first-order valence-corrected chi connectivity index (χ1v) is 18.9. The van der Waals surface area contributed by atoms with Crippen LogP contribution in [-0.4, -0.2) is 102 Å². The maximum atomic E-state index is 14.3. The third-order valence-corrected chi connectivity index (χ3v) is 11.2. The van der Waals surface area contributed by atoms with E-state index in [9.17, 15) is 33.6 Å². The maximum Gasteiger partial charge on any atom is 0.408 e. The van der Waals surface area contributed by atoms with Gasteiger partial charge in [-0.3, -0.25) is 28.8 Å². The lowest BCUT2D eigenvalue weighted by Gasteiger charge is -2.35. The number of amides is 6. The summed E-state index contributed by atoms with van der Waals surface area (Å²) in [4.78, 5) is 96.9. The van der Waals surface area contributed by atoms with Gasteiger partial charge in [-0.2, -0.15) is 0 Å². The molecule has 0 aromatic heterocycles. The van der Waals surface area contributed by atoms with Crippen LogP contribution in [-0.2, 0) is 33.5 Å². The second-order valence-electron chi connectivity index (χ2n) is 17.0. The molecule has 53 heavy (non-hydrogen) atoms. The predicted molar refractivity (Wildman–Crippen MR) is 195 cm³/mol. The molecular weight excluding hydrogens is 680 g/mol. The maximum absolute atomic E-state index is 14.3. The van der Waals surface area contributed by atoms with Crippen LogP contribution in [0.5, 0.6) is 0 Å². The lowest BCUT2D eigenvalue weighted by molar-refractivity contribution is -0.145. The molecule has 6 amide bonds. The molecular formula is C39H56N6O8. The van der Waals surface area contributed by atoms with Crippen molar-refractivity contribution in [2.45, 2.75) is 109 Å². The van der Waals surface area contributed by atoms with Crippen molar-refractivity contribution < 1.29 is 38.3 Å². The molecule has 3 aliphatic carbocycles. The van der Waals surface area contributed by atoms with Crippen LogP contribution in [0.25, 0.3) is 0 Å². The van der Waals surface area contributed by atoms with Crippen molar-refractivity contribution in [2.24, 2.45) is 29.1 Å². The molecule has 6 atom stereocenters. The first kappa shape index (κ1) is 39.7. The lowest BCUT2D eigenvalue weighted by atomic mass is 9.94. The molecule has 3 saturated carbocycles. The van der Waals surface area contributed by atoms with Gasteiger partial charge in [0.05, 0.1) is 12.6 Å². The number of Topliss-reactive ketones (excluding diaryl/α,β-unsaturated/α-hetero) is 1. The normalized spacial score (nSPS) is 23.5. The highest BCUT2D eigenvalue weighted by Gasteiger charge is 2.70. The summed E-state index contributed by atoms with van der Waals surface area (Å²) in [5.74, 6) is -3.87. The predicted octanol–water partition coefficient (Wildman–Crippen LogP) is 2.47. The van der Waals surface area contributed by atoms with E-state index >= 15 is 0 Å². The highest BCUT2D eigenvalue weighted by atomic mass is 16.6. The first-order chi connectivity index (χ1) is 24.9. The van der Waals surface area contributed by atoms with E-state index in [1.165, 1.54) is 4.90 Å². The number of fused-ring (bicyclic) bond motifs is 1. The van der Waals surface area contributed by atoms with Gasteiger partial charge >= 0.3 is 6.09 Å². The van der Waals surface area contributed by atoms with Gasteiger partial charge in [-0.05, 0) is 74.7 Å². The molecule has 1 heterocycles. The van der Waals surface area contributed by atoms with Crippen LogP contribution < -0.4 is 21.3 Å². The van der Waals surface area contributed by atoms with E-state index in [0.717, 1.165) is 38.5 Å². The van der Waals surface area contributed by atoms with Gasteiger partial charge in [0, 0.05) is 20.6 Å². The fraction of sp³-hybridized carbons (Fsp3) is 0.667. The fourth-order valence-corrected chi connectivity index (χ4v) is 8.08. The van der Waals surface area contributed by atoms with E-state index < -0.39 is 65.9 Å². The summed E-state index contributed by atoms with van der Waals surface area (Å²) in [5, 5.41) is 10.7. The first-order valence-electron chi connectivity index (χ1n) is 18.9. The number of nitrogens with one attached hydrogen (secondary N) is 4. The zero-order valence-corrected chi connectivity index (χ0v) is 32.0. The molecule has 1 aromatic rings. The van der Waals surface area contributed by atoms with Gasteiger partial charge < -0.3 is 35.8 Å². The van der Waals surface area contributed by atoms with Crippen LogP contribution in [0.3, 0.4) is 0 Å². The standard InChI is InChI=1S/C39H56N6O8/c1-38(2,3)53-37(52)43-30(24-15-11-12-16-24)36(51)45-21-25-28(39(25,4)5)31(45)33(48)41-26(19-22-17-18-22)32(47)34(49)40-20-27(46)42-29(35(50)44(6)7)23-13-9-8-10-14-23/h8-10,13-14,22,24-26,28-31H,11-12,15-21H2,1-7H3,(H,40,49)(H,41,48)(H,42,46)(H,43,52)/t25-,26?,28-,29-,30-,31?/m0/s1. The van der Waals surface area contributed by atoms with Crippen LogP contribution in [0.2, 0.25) is 0 Å². The Morgan fingerprint density at radius 1 is 0.925 bits per heavy atom. The van der Waals surface area contributed by atoms with Crippen LogP contribution in [0.1, 0.15) is 91.2 Å². The number of carbonyl (C=O) groups excluding carboxylic acids is 7. The molecule has 5 rings (SSSR count). The summed E-state index contributed by atoms with van der Waals surface area (Å²) < 4.78 is 5.50. The monoisotopic (exact) mass is 736 g/mol. The third-order valence-electron chi connectivity index (χ3n) is 11.2. The van der Waals surface area contributed by atoms with Gasteiger partial charge in [0.15, 0.2) is 0 Å². The third kappa shape index (κ3) is 9.55. The van der Waals surface area contributed by atoms with E-state index in [2.05, 4.69) is 35.1 Å². The second kappa shape index (κ2) is 15.9. The Labute approximate surface area is 311 Å². The SMILES string of the molecule is CN(C)C(=O)[C@@H](NC(=O)CNC(=O)C(=O)C(CC1CC1)NC(=O)C1[C@@H]2[C@H](CN1C(=O)[C@@H](NC(=O)OC(C)(C)C)C1CCCC1)C2(C)C)c1ccccc1. The molecule has 14 nitrogen and oxygen atoms in total. The summed E-state index contributed by atoms with van der Waals surface area (Å²) >= 11 is 0. The Balaban J connectivity index is 1.27. The van der Waals surface area contributed by atoms with Gasteiger partial charge in [0.25, 0.3) is 5.91 Å². The lowest BCUT2D eigenvalue weighted by Crippen LogP contribution is -2.59. The van der Waals surface area contributed by atoms with Crippen molar-refractivity contribution in [3.05, 3.63) is 35.9 Å². The number of hydrogen-bond acceptors (Lipinski definition) is 8. The van der Waals surface area contributed by atoms with Crippen molar-refractivity contribution >= 4 is 41.4 Å². The molecule has 290 valence electrons. The molecule has 4 N–H and O–H groups in total. The van der Waals surface area contributed by atoms with Gasteiger partial charge in [0.2, 0.25) is 29.4 Å². The highest BCUT2D eigenvalue weighted by Crippen LogP contribution is 2.65. The van der Waals surface area contributed by atoms with Gasteiger partial charge in [0.1, 0.15) is 23.7 Å². The number of alkyl carbamates (subject to hydrolysis) is 1. The van der Waals surface area contributed by atoms with Crippen molar-refractivity contribution in [1.82, 2.24) is 31.1 Å². The number of hydrogen-bond donors (Lipinski definition) is 4. The van der Waals surface area contributed by atoms with E-state index in [1.54, 1.807) is 70.1 Å². The summed E-state index contributed by atoms with van der Waals surface area (Å²) in [7, 11) is 3.14. The number of carbonyl (C=O) groups is 7. The van der Waals surface area contributed by atoms with E-state index in [4.69, 9.17) is 4.74 Å². The Hall–Kier alpha value is -4.49. The van der Waals surface area contributed by atoms with E-state index in [1.807, 2.05) is 0 Å². The second-order valence-corrected chi connectivity index (χ2v) is 17.0. The molecule has 4 fully saturated rings. The van der Waals surface area contributed by atoms with Crippen molar-refractivity contribution in [3.63, 3.8) is 0 Å². The number of ether oxygens (including phenoxy) is 1. The summed E-state index contributed by atoms with van der Waals surface area (Å²) in [6.45, 7) is 9.13. The zero-order valence-electron chi connectivity index (χ0n) is 32.0. The average Bonchev–Trinajstić information content (AvgIpc) is 3.79. The Morgan fingerprint density at radius 2 is 1.57 bits per heavy atom. The topological polar surface area (TPSA) is 183 Å². The summed E-state index contributed by atoms with van der Waals surface area (Å²) in [6, 6.07) is 4.78. The van der Waals surface area contributed by atoms with E-state index in [0.29, 0.717) is 12.1 Å². The largest absolute Gasteiger partial charge is 0.444 e. The molecule has 0 radical (unpaired) electrons. The Bertz CT molecular complexity index is 1580. The molecule has 14 heteroatoms. The Morgan fingerprint density at radius 3 is 2.15 bits per heavy atom. The highest BCUT2D eigenvalue weighted by molar-refractivity contribution is 6.38. The summed E-state index contributed by atoms with van der Waals surface area (Å²) in [5.41, 5.74) is -0.416. The van der Waals surface area contributed by atoms with Crippen LogP contribution in [0, 0.1) is 29.1 Å². The molecule has 1 aliphatic heterocycles. The molecule has 0 spiro atoms. The number of piperidine rings is 1. The minimum absolute atomic E-state index is 0.0615. The van der Waals surface area contributed by atoms with Gasteiger partial charge in [-0.25, -0.2) is 4.79 Å². The zero-order chi connectivity index (χ0) is 38.8. The smallest absolute Gasteiger partial charge is 0.408 e. The van der Waals surface area contributed by atoms with Crippen molar-refractivity contribution in [3.8, 4) is 0 Å². The summed E-state index contributed by atoms with van der Waals surface area (Å²) in [6.07, 6.45) is 4.67.